The van der Waals surface area contributed by atoms with E-state index in [-0.39, 0.29) is 24.8 Å². The number of nitrogens with two attached hydrogens (primary N) is 1. The minimum absolute atomic E-state index is 0. The van der Waals surface area contributed by atoms with Gasteiger partial charge < -0.3 is 11.1 Å². The van der Waals surface area contributed by atoms with Crippen molar-refractivity contribution in [1.29, 1.82) is 0 Å². The molecular formula is C12H16Cl2N2S. The predicted octanol–water partition coefficient (Wildman–Crippen LogP) is 3.83. The van der Waals surface area contributed by atoms with Gasteiger partial charge in [0.2, 0.25) is 0 Å². The molecule has 1 aromatic heterocycles. The number of halogens is 2. The Bertz CT molecular complexity index is 401. The number of hydrogen-bond acceptors (Lipinski definition) is 3. The molecular weight excluding hydrogens is 275 g/mol. The van der Waals surface area contributed by atoms with Crippen molar-refractivity contribution in [3.05, 3.63) is 46.7 Å². The molecule has 0 aliphatic rings. The van der Waals surface area contributed by atoms with E-state index < -0.39 is 0 Å². The SMILES string of the molecule is Cl.Cl.Nc1ccc(NCCc2cccs2)cc1. The molecule has 0 fully saturated rings. The number of anilines is 2. The van der Waals surface area contributed by atoms with Gasteiger partial charge >= 0.3 is 0 Å². The largest absolute Gasteiger partial charge is 0.399 e. The Morgan fingerprint density at radius 1 is 1.06 bits per heavy atom. The van der Waals surface area contributed by atoms with Gasteiger partial charge in [-0.15, -0.1) is 36.2 Å². The van der Waals surface area contributed by atoms with Crippen LogP contribution in [0.4, 0.5) is 11.4 Å². The van der Waals surface area contributed by atoms with Gasteiger partial charge in [-0.1, -0.05) is 6.07 Å². The van der Waals surface area contributed by atoms with Crippen LogP contribution in [0.2, 0.25) is 0 Å². The molecule has 2 aromatic rings. The van der Waals surface area contributed by atoms with Crippen molar-refractivity contribution in [3.8, 4) is 0 Å². The van der Waals surface area contributed by atoms with Crippen molar-refractivity contribution in [3.63, 3.8) is 0 Å². The van der Waals surface area contributed by atoms with E-state index in [9.17, 15) is 0 Å². The zero-order valence-electron chi connectivity index (χ0n) is 9.26. The molecule has 94 valence electrons. The third-order valence-corrected chi connectivity index (χ3v) is 3.13. The summed E-state index contributed by atoms with van der Waals surface area (Å²) in [6, 6.07) is 12.1. The summed E-state index contributed by atoms with van der Waals surface area (Å²) in [6.45, 7) is 0.963. The lowest BCUT2D eigenvalue weighted by molar-refractivity contribution is 1.04. The highest BCUT2D eigenvalue weighted by Crippen LogP contribution is 2.12. The fourth-order valence-corrected chi connectivity index (χ4v) is 2.09. The Hall–Kier alpha value is -0.900. The number of rotatable bonds is 4. The lowest BCUT2D eigenvalue weighted by atomic mass is 10.2. The van der Waals surface area contributed by atoms with Crippen molar-refractivity contribution in [2.24, 2.45) is 0 Å². The molecule has 0 radical (unpaired) electrons. The van der Waals surface area contributed by atoms with Crippen molar-refractivity contribution in [2.45, 2.75) is 6.42 Å². The molecule has 0 bridgehead atoms. The van der Waals surface area contributed by atoms with Crippen LogP contribution >= 0.6 is 36.2 Å². The smallest absolute Gasteiger partial charge is 0.0341 e. The Labute approximate surface area is 118 Å². The average Bonchev–Trinajstić information content (AvgIpc) is 2.74. The van der Waals surface area contributed by atoms with Crippen LogP contribution in [0.5, 0.6) is 0 Å². The van der Waals surface area contributed by atoms with Gasteiger partial charge in [0.05, 0.1) is 0 Å². The van der Waals surface area contributed by atoms with Gasteiger partial charge in [0, 0.05) is 22.8 Å². The molecule has 1 heterocycles. The first-order valence-corrected chi connectivity index (χ1v) is 5.84. The lowest BCUT2D eigenvalue weighted by Gasteiger charge is -2.05. The molecule has 0 unspecified atom stereocenters. The Morgan fingerprint density at radius 2 is 1.76 bits per heavy atom. The number of benzene rings is 1. The topological polar surface area (TPSA) is 38.0 Å². The van der Waals surface area contributed by atoms with E-state index in [1.807, 2.05) is 24.3 Å². The van der Waals surface area contributed by atoms with Gasteiger partial charge in [-0.3, -0.25) is 0 Å². The zero-order chi connectivity index (χ0) is 10.5. The molecule has 0 saturated carbocycles. The molecule has 3 N–H and O–H groups in total. The molecule has 5 heteroatoms. The second-order valence-corrected chi connectivity index (χ2v) is 4.41. The van der Waals surface area contributed by atoms with E-state index >= 15 is 0 Å². The van der Waals surface area contributed by atoms with E-state index in [4.69, 9.17) is 5.73 Å². The van der Waals surface area contributed by atoms with Crippen LogP contribution in [0.1, 0.15) is 4.88 Å². The molecule has 0 saturated heterocycles. The van der Waals surface area contributed by atoms with E-state index in [1.165, 1.54) is 4.88 Å². The van der Waals surface area contributed by atoms with Gasteiger partial charge in [-0.2, -0.15) is 0 Å². The highest BCUT2D eigenvalue weighted by molar-refractivity contribution is 7.09. The Morgan fingerprint density at radius 3 is 2.35 bits per heavy atom. The summed E-state index contributed by atoms with van der Waals surface area (Å²) in [5, 5.41) is 5.47. The summed E-state index contributed by atoms with van der Waals surface area (Å²) in [5.74, 6) is 0. The second-order valence-electron chi connectivity index (χ2n) is 3.38. The van der Waals surface area contributed by atoms with Crippen molar-refractivity contribution < 1.29 is 0 Å². The zero-order valence-corrected chi connectivity index (χ0v) is 11.7. The maximum absolute atomic E-state index is 5.61. The van der Waals surface area contributed by atoms with Crippen molar-refractivity contribution >= 4 is 47.5 Å². The molecule has 17 heavy (non-hydrogen) atoms. The van der Waals surface area contributed by atoms with Gasteiger partial charge in [0.1, 0.15) is 0 Å². The van der Waals surface area contributed by atoms with E-state index in [0.717, 1.165) is 24.3 Å². The van der Waals surface area contributed by atoms with E-state index in [0.29, 0.717) is 0 Å². The Kier molecular flexibility index (Phi) is 7.79. The second kappa shape index (κ2) is 8.23. The summed E-state index contributed by atoms with van der Waals surface area (Å²) < 4.78 is 0. The molecule has 0 aliphatic carbocycles. The quantitative estimate of drug-likeness (QED) is 0.840. The van der Waals surface area contributed by atoms with Gasteiger partial charge in [-0.25, -0.2) is 0 Å². The van der Waals surface area contributed by atoms with Crippen molar-refractivity contribution in [2.75, 3.05) is 17.6 Å². The highest BCUT2D eigenvalue weighted by atomic mass is 35.5. The standard InChI is InChI=1S/C12H14N2S.2ClH/c13-10-3-5-11(6-4-10)14-8-7-12-2-1-9-15-12;;/h1-6,9,14H,7-8,13H2;2*1H. The first-order chi connectivity index (χ1) is 7.34. The van der Waals surface area contributed by atoms with Crippen LogP contribution in [0, 0.1) is 0 Å². The molecule has 0 aliphatic heterocycles. The van der Waals surface area contributed by atoms with Crippen LogP contribution in [0.25, 0.3) is 0 Å². The average molecular weight is 291 g/mol. The summed E-state index contributed by atoms with van der Waals surface area (Å²) in [5.41, 5.74) is 7.54. The highest BCUT2D eigenvalue weighted by Gasteiger charge is 1.94. The monoisotopic (exact) mass is 290 g/mol. The molecule has 2 rings (SSSR count). The van der Waals surface area contributed by atoms with Crippen LogP contribution < -0.4 is 11.1 Å². The van der Waals surface area contributed by atoms with Gasteiger partial charge in [-0.05, 0) is 42.1 Å². The number of thiophene rings is 1. The van der Waals surface area contributed by atoms with Crippen LogP contribution in [0.15, 0.2) is 41.8 Å². The minimum atomic E-state index is 0. The fourth-order valence-electron chi connectivity index (χ4n) is 1.39. The van der Waals surface area contributed by atoms with Crippen LogP contribution in [-0.2, 0) is 6.42 Å². The fraction of sp³-hybridized carbons (Fsp3) is 0.167. The Balaban J connectivity index is 0.00000128. The van der Waals surface area contributed by atoms with Crippen LogP contribution in [-0.4, -0.2) is 6.54 Å². The summed E-state index contributed by atoms with van der Waals surface area (Å²) in [4.78, 5) is 1.41. The molecule has 0 spiro atoms. The predicted molar refractivity (Wildman–Crippen MR) is 81.9 cm³/mol. The minimum Gasteiger partial charge on any atom is -0.399 e. The van der Waals surface area contributed by atoms with Crippen molar-refractivity contribution in [1.82, 2.24) is 0 Å². The van der Waals surface area contributed by atoms with Gasteiger partial charge in [0.25, 0.3) is 0 Å². The number of nitrogens with one attached hydrogen (secondary N) is 1. The lowest BCUT2D eigenvalue weighted by Crippen LogP contribution is -2.03. The number of hydrogen-bond donors (Lipinski definition) is 2. The normalized spacial score (nSPS) is 8.94. The summed E-state index contributed by atoms with van der Waals surface area (Å²) in [7, 11) is 0. The molecule has 1 aromatic carbocycles. The van der Waals surface area contributed by atoms with Crippen LogP contribution in [0.3, 0.4) is 0 Å². The summed E-state index contributed by atoms with van der Waals surface area (Å²) >= 11 is 1.80. The summed E-state index contributed by atoms with van der Waals surface area (Å²) in [6.07, 6.45) is 1.07. The van der Waals surface area contributed by atoms with E-state index in [2.05, 4.69) is 22.8 Å². The maximum atomic E-state index is 5.61. The first kappa shape index (κ1) is 16.1. The number of nitrogen functional groups attached to an aromatic ring is 1. The third-order valence-electron chi connectivity index (χ3n) is 2.19. The van der Waals surface area contributed by atoms with Gasteiger partial charge in [0.15, 0.2) is 0 Å². The molecule has 0 atom stereocenters. The third kappa shape index (κ3) is 5.31. The molecule has 2 nitrogen and oxygen atoms in total. The maximum Gasteiger partial charge on any atom is 0.0341 e. The molecule has 0 amide bonds. The van der Waals surface area contributed by atoms with E-state index in [1.54, 1.807) is 11.3 Å². The first-order valence-electron chi connectivity index (χ1n) is 4.96.